The van der Waals surface area contributed by atoms with Crippen LogP contribution in [0.1, 0.15) is 93.4 Å². The molecule has 0 aromatic rings. The molecule has 2 atom stereocenters. The van der Waals surface area contributed by atoms with Crippen molar-refractivity contribution >= 4 is 0 Å². The maximum absolute atomic E-state index is 12.5. The summed E-state index contributed by atoms with van der Waals surface area (Å²) in [5.74, 6) is -0.610. The highest BCUT2D eigenvalue weighted by Crippen LogP contribution is 2.24. The lowest BCUT2D eigenvalue weighted by molar-refractivity contribution is -0.255. The van der Waals surface area contributed by atoms with Crippen LogP contribution in [0.4, 0.5) is 13.2 Å². The third kappa shape index (κ3) is 16.7. The van der Waals surface area contributed by atoms with E-state index in [9.17, 15) is 13.2 Å². The molecule has 0 rings (SSSR count). The molecule has 0 aromatic heterocycles. The number of allylic oxidation sites excluding steroid dienone is 5. The maximum atomic E-state index is 12.5. The molecule has 0 saturated heterocycles. The van der Waals surface area contributed by atoms with Gasteiger partial charge in [-0.2, -0.15) is 13.2 Å². The largest absolute Gasteiger partial charge is 0.411 e. The van der Waals surface area contributed by atoms with E-state index in [-0.39, 0.29) is 6.61 Å². The van der Waals surface area contributed by atoms with Gasteiger partial charge in [-0.3, -0.25) is 0 Å². The third-order valence-corrected chi connectivity index (χ3v) is 4.97. The normalized spacial score (nSPS) is 16.3. The number of hydrogen-bond acceptors (Lipinski definition) is 2. The van der Waals surface area contributed by atoms with Crippen molar-refractivity contribution in [2.24, 2.45) is 5.92 Å². The molecule has 176 valence electrons. The van der Waals surface area contributed by atoms with E-state index in [1.54, 1.807) is 13.0 Å². The fraction of sp³-hybridized carbons (Fsp3) is 0.760. The molecule has 1 unspecified atom stereocenters. The van der Waals surface area contributed by atoms with Gasteiger partial charge in [-0.1, -0.05) is 42.2 Å². The van der Waals surface area contributed by atoms with Crippen molar-refractivity contribution in [2.45, 2.75) is 105 Å². The van der Waals surface area contributed by atoms with Gasteiger partial charge in [-0.25, -0.2) is 0 Å². The van der Waals surface area contributed by atoms with Crippen molar-refractivity contribution in [1.29, 1.82) is 0 Å². The Kier molecular flexibility index (Phi) is 14.3. The van der Waals surface area contributed by atoms with E-state index >= 15 is 0 Å². The van der Waals surface area contributed by atoms with Crippen LogP contribution in [0.2, 0.25) is 0 Å². The van der Waals surface area contributed by atoms with Crippen molar-refractivity contribution < 1.29 is 22.6 Å². The average Bonchev–Trinajstić information content (AvgIpc) is 2.59. The smallest absolute Gasteiger partial charge is 0.347 e. The number of ether oxygens (including phenoxy) is 2. The van der Waals surface area contributed by atoms with E-state index in [0.717, 1.165) is 37.2 Å². The highest BCUT2D eigenvalue weighted by molar-refractivity contribution is 5.08. The average molecular weight is 433 g/mol. The molecule has 0 aromatic carbocycles. The molecule has 0 fully saturated rings. The van der Waals surface area contributed by atoms with Crippen molar-refractivity contribution in [3.8, 4) is 0 Å². The van der Waals surface area contributed by atoms with Gasteiger partial charge >= 0.3 is 6.18 Å². The summed E-state index contributed by atoms with van der Waals surface area (Å²) in [5.41, 5.74) is 3.73. The van der Waals surface area contributed by atoms with Crippen LogP contribution in [0.15, 0.2) is 34.9 Å². The minimum atomic E-state index is -4.37. The molecular weight excluding hydrogens is 389 g/mol. The third-order valence-electron chi connectivity index (χ3n) is 4.97. The van der Waals surface area contributed by atoms with E-state index in [2.05, 4.69) is 39.8 Å². The molecule has 0 aliphatic carbocycles. The Morgan fingerprint density at radius 1 is 0.900 bits per heavy atom. The summed E-state index contributed by atoms with van der Waals surface area (Å²) in [5, 5.41) is 0. The summed E-state index contributed by atoms with van der Waals surface area (Å²) < 4.78 is 47.9. The standard InChI is InChI=1S/C25H43F3O2/c1-8-29-24(7,30-19-25(26,27)28)18-23(6)17-11-16-22(5)15-10-14-21(4)13-9-12-20(2)3/h12,16,18,21H,8-11,13-15,17,19H2,1-7H3/t21-,24?/m1/s1. The van der Waals surface area contributed by atoms with Gasteiger partial charge in [0, 0.05) is 6.61 Å². The van der Waals surface area contributed by atoms with Gasteiger partial charge in [0.1, 0.15) is 6.61 Å². The Morgan fingerprint density at radius 3 is 2.13 bits per heavy atom. The molecular formula is C25H43F3O2. The van der Waals surface area contributed by atoms with Crippen molar-refractivity contribution in [1.82, 2.24) is 0 Å². The first-order valence-corrected chi connectivity index (χ1v) is 11.2. The van der Waals surface area contributed by atoms with Gasteiger partial charge in [-0.05, 0) is 92.1 Å². The zero-order valence-corrected chi connectivity index (χ0v) is 20.1. The molecule has 0 amide bonds. The second-order valence-corrected chi connectivity index (χ2v) is 8.79. The van der Waals surface area contributed by atoms with Gasteiger partial charge in [0.05, 0.1) is 0 Å². The number of hydrogen-bond donors (Lipinski definition) is 0. The SMILES string of the molecule is CCOC(C)(C=C(C)CCC=C(C)CCC[C@H](C)CCC=C(C)C)OCC(F)(F)F. The van der Waals surface area contributed by atoms with Gasteiger partial charge in [0.25, 0.3) is 0 Å². The summed E-state index contributed by atoms with van der Waals surface area (Å²) in [6, 6.07) is 0. The zero-order chi connectivity index (χ0) is 23.2. The molecule has 5 heteroatoms. The van der Waals surface area contributed by atoms with E-state index in [4.69, 9.17) is 9.47 Å². The van der Waals surface area contributed by atoms with Crippen molar-refractivity contribution in [3.05, 3.63) is 34.9 Å². The lowest BCUT2D eigenvalue weighted by Gasteiger charge is -2.28. The van der Waals surface area contributed by atoms with Crippen LogP contribution in [0.5, 0.6) is 0 Å². The molecule has 0 aliphatic heterocycles. The zero-order valence-electron chi connectivity index (χ0n) is 20.1. The molecule has 0 spiro atoms. The maximum Gasteiger partial charge on any atom is 0.411 e. The predicted octanol–water partition coefficient (Wildman–Crippen LogP) is 8.54. The summed E-state index contributed by atoms with van der Waals surface area (Å²) in [6.07, 6.45) is 9.42. The van der Waals surface area contributed by atoms with E-state index < -0.39 is 18.6 Å². The lowest BCUT2D eigenvalue weighted by Crippen LogP contribution is -2.34. The van der Waals surface area contributed by atoms with Crippen molar-refractivity contribution in [3.63, 3.8) is 0 Å². The highest BCUT2D eigenvalue weighted by Gasteiger charge is 2.33. The Hall–Kier alpha value is -1.07. The summed E-state index contributed by atoms with van der Waals surface area (Å²) in [7, 11) is 0. The summed E-state index contributed by atoms with van der Waals surface area (Å²) >= 11 is 0. The van der Waals surface area contributed by atoms with Crippen LogP contribution in [0, 0.1) is 5.92 Å². The molecule has 30 heavy (non-hydrogen) atoms. The van der Waals surface area contributed by atoms with Crippen LogP contribution < -0.4 is 0 Å². The van der Waals surface area contributed by atoms with Gasteiger partial charge in [0.15, 0.2) is 5.79 Å². The minimum absolute atomic E-state index is 0.282. The van der Waals surface area contributed by atoms with Gasteiger partial charge < -0.3 is 9.47 Å². The molecule has 0 N–H and O–H groups in total. The van der Waals surface area contributed by atoms with Crippen LogP contribution in [-0.4, -0.2) is 25.2 Å². The monoisotopic (exact) mass is 432 g/mol. The van der Waals surface area contributed by atoms with Crippen molar-refractivity contribution in [2.75, 3.05) is 13.2 Å². The second-order valence-electron chi connectivity index (χ2n) is 8.79. The fourth-order valence-electron chi connectivity index (χ4n) is 3.34. The van der Waals surface area contributed by atoms with Crippen LogP contribution in [0.25, 0.3) is 0 Å². The molecule has 0 aliphatic rings. The van der Waals surface area contributed by atoms with Crippen LogP contribution in [0.3, 0.4) is 0 Å². The molecule has 0 heterocycles. The number of rotatable bonds is 15. The first-order chi connectivity index (χ1) is 13.9. The van der Waals surface area contributed by atoms with Crippen LogP contribution in [-0.2, 0) is 9.47 Å². The first-order valence-electron chi connectivity index (χ1n) is 11.2. The molecule has 2 nitrogen and oxygen atoms in total. The molecule has 0 radical (unpaired) electrons. The van der Waals surface area contributed by atoms with E-state index in [1.165, 1.54) is 37.3 Å². The van der Waals surface area contributed by atoms with Gasteiger partial charge in [-0.15, -0.1) is 0 Å². The van der Waals surface area contributed by atoms with Crippen LogP contribution >= 0.6 is 0 Å². The quantitative estimate of drug-likeness (QED) is 0.191. The fourth-order valence-corrected chi connectivity index (χ4v) is 3.34. The predicted molar refractivity (Wildman–Crippen MR) is 120 cm³/mol. The molecule has 0 bridgehead atoms. The minimum Gasteiger partial charge on any atom is -0.347 e. The van der Waals surface area contributed by atoms with Gasteiger partial charge in [0.2, 0.25) is 0 Å². The Labute approximate surface area is 182 Å². The first kappa shape index (κ1) is 28.9. The topological polar surface area (TPSA) is 18.5 Å². The highest BCUT2D eigenvalue weighted by atomic mass is 19.4. The summed E-state index contributed by atoms with van der Waals surface area (Å²) in [6.45, 7) is 12.9. The second kappa shape index (κ2) is 14.9. The van der Waals surface area contributed by atoms with E-state index in [1.807, 2.05) is 6.92 Å². The number of halogens is 3. The Morgan fingerprint density at radius 2 is 1.57 bits per heavy atom. The van der Waals surface area contributed by atoms with E-state index in [0.29, 0.717) is 0 Å². The Bertz CT molecular complexity index is 557. The lowest BCUT2D eigenvalue weighted by atomic mass is 9.96. The summed E-state index contributed by atoms with van der Waals surface area (Å²) in [4.78, 5) is 0. The Balaban J connectivity index is 4.40. The number of alkyl halides is 3. The molecule has 0 saturated carbocycles.